The van der Waals surface area contributed by atoms with Crippen LogP contribution in [0.1, 0.15) is 36.3 Å². The van der Waals surface area contributed by atoms with Crippen LogP contribution in [0.3, 0.4) is 0 Å². The molecule has 0 aliphatic carbocycles. The summed E-state index contributed by atoms with van der Waals surface area (Å²) in [5, 5.41) is 2.98. The molecule has 0 saturated carbocycles. The Morgan fingerprint density at radius 2 is 1.73 bits per heavy atom. The molecule has 174 valence electrons. The van der Waals surface area contributed by atoms with E-state index < -0.39 is 0 Å². The first-order chi connectivity index (χ1) is 15.8. The van der Waals surface area contributed by atoms with E-state index in [1.54, 1.807) is 16.1 Å². The molecule has 2 aromatic carbocycles. The van der Waals surface area contributed by atoms with Crippen LogP contribution in [0.4, 0.5) is 10.5 Å². The van der Waals surface area contributed by atoms with Gasteiger partial charge < -0.3 is 19.5 Å². The summed E-state index contributed by atoms with van der Waals surface area (Å²) in [5.41, 5.74) is 4.03. The number of amides is 3. The van der Waals surface area contributed by atoms with Gasteiger partial charge in [-0.1, -0.05) is 42.5 Å². The van der Waals surface area contributed by atoms with Crippen molar-refractivity contribution in [3.05, 3.63) is 89.4 Å². The maximum absolute atomic E-state index is 13.3. The number of nitrogens with one attached hydrogen (secondary N) is 1. The smallest absolute Gasteiger partial charge is 0.322 e. The molecule has 0 atom stereocenters. The Hall–Kier alpha value is -3.54. The molecule has 1 aromatic heterocycles. The minimum Gasteiger partial charge on any atom is -0.467 e. The quantitative estimate of drug-likeness (QED) is 0.477. The average Bonchev–Trinajstić information content (AvgIpc) is 3.31. The maximum Gasteiger partial charge on any atom is 0.322 e. The van der Waals surface area contributed by atoms with E-state index in [0.29, 0.717) is 18.8 Å². The van der Waals surface area contributed by atoms with Crippen molar-refractivity contribution in [3.8, 4) is 0 Å². The second-order valence-corrected chi connectivity index (χ2v) is 8.53. The van der Waals surface area contributed by atoms with Crippen molar-refractivity contribution < 1.29 is 14.0 Å². The Kier molecular flexibility index (Phi) is 8.30. The molecule has 0 unspecified atom stereocenters. The number of furan rings is 1. The van der Waals surface area contributed by atoms with Crippen molar-refractivity contribution in [1.82, 2.24) is 9.80 Å². The summed E-state index contributed by atoms with van der Waals surface area (Å²) in [4.78, 5) is 29.8. The minimum absolute atomic E-state index is 0.0101. The predicted octanol–water partition coefficient (Wildman–Crippen LogP) is 5.41. The third-order valence-electron chi connectivity index (χ3n) is 5.83. The first-order valence-electron chi connectivity index (χ1n) is 11.3. The molecule has 0 aliphatic rings. The minimum atomic E-state index is -0.284. The van der Waals surface area contributed by atoms with Crippen LogP contribution in [0.2, 0.25) is 0 Å². The summed E-state index contributed by atoms with van der Waals surface area (Å²) >= 11 is 0. The van der Waals surface area contributed by atoms with Crippen molar-refractivity contribution in [2.24, 2.45) is 0 Å². The number of carbonyl (C=O) groups excluding carboxylic acids is 2. The van der Waals surface area contributed by atoms with Gasteiger partial charge in [0.25, 0.3) is 0 Å². The Labute approximate surface area is 196 Å². The van der Waals surface area contributed by atoms with E-state index in [9.17, 15) is 9.59 Å². The molecule has 0 aliphatic heterocycles. The van der Waals surface area contributed by atoms with E-state index in [1.165, 1.54) is 0 Å². The molecule has 6 heteroatoms. The highest BCUT2D eigenvalue weighted by Gasteiger charge is 2.24. The molecule has 33 heavy (non-hydrogen) atoms. The van der Waals surface area contributed by atoms with Gasteiger partial charge in [0.1, 0.15) is 12.3 Å². The van der Waals surface area contributed by atoms with Crippen LogP contribution in [0.15, 0.2) is 71.3 Å². The molecule has 1 N–H and O–H groups in total. The van der Waals surface area contributed by atoms with E-state index in [4.69, 9.17) is 4.42 Å². The zero-order valence-electron chi connectivity index (χ0n) is 19.9. The van der Waals surface area contributed by atoms with E-state index in [2.05, 4.69) is 5.32 Å². The Morgan fingerprint density at radius 1 is 0.970 bits per heavy atom. The summed E-state index contributed by atoms with van der Waals surface area (Å²) in [6.07, 6.45) is 2.33. The van der Waals surface area contributed by atoms with Crippen LogP contribution in [0.25, 0.3) is 0 Å². The number of carbonyl (C=O) groups is 2. The van der Waals surface area contributed by atoms with Crippen molar-refractivity contribution >= 4 is 17.6 Å². The van der Waals surface area contributed by atoms with Gasteiger partial charge in [-0.25, -0.2) is 4.79 Å². The van der Waals surface area contributed by atoms with E-state index in [0.717, 1.165) is 28.8 Å². The van der Waals surface area contributed by atoms with Gasteiger partial charge in [-0.05, 0) is 69.0 Å². The third kappa shape index (κ3) is 6.72. The highest BCUT2D eigenvalue weighted by atomic mass is 16.3. The highest BCUT2D eigenvalue weighted by molar-refractivity contribution is 5.93. The summed E-state index contributed by atoms with van der Waals surface area (Å²) < 4.78 is 5.48. The molecule has 0 spiro atoms. The van der Waals surface area contributed by atoms with Crippen molar-refractivity contribution in [2.75, 3.05) is 18.4 Å². The highest BCUT2D eigenvalue weighted by Crippen LogP contribution is 2.19. The molecule has 3 rings (SSSR count). The number of benzene rings is 2. The van der Waals surface area contributed by atoms with E-state index in [1.807, 2.05) is 88.4 Å². The van der Waals surface area contributed by atoms with Gasteiger partial charge in [-0.15, -0.1) is 0 Å². The first-order valence-corrected chi connectivity index (χ1v) is 11.3. The number of hydrogen-bond donors (Lipinski definition) is 1. The van der Waals surface area contributed by atoms with Crippen LogP contribution in [-0.4, -0.2) is 40.9 Å². The summed E-state index contributed by atoms with van der Waals surface area (Å²) in [6, 6.07) is 19.1. The van der Waals surface area contributed by atoms with Crippen LogP contribution in [0, 0.1) is 13.8 Å². The largest absolute Gasteiger partial charge is 0.467 e. The molecule has 0 radical (unpaired) electrons. The standard InChI is InChI=1S/C27H33N3O3/c1-20(2)30(27(32)28-25-14-8-10-21(3)22(25)4)19-26(31)29(18-24-13-9-17-33-24)16-15-23-11-6-5-7-12-23/h5-14,17,20H,15-16,18-19H2,1-4H3,(H,28,32). The average molecular weight is 448 g/mol. The van der Waals surface area contributed by atoms with Gasteiger partial charge in [0, 0.05) is 18.3 Å². The summed E-state index contributed by atoms with van der Waals surface area (Å²) in [7, 11) is 0. The van der Waals surface area contributed by atoms with Crippen LogP contribution < -0.4 is 5.32 Å². The first kappa shape index (κ1) is 24.1. The zero-order chi connectivity index (χ0) is 23.8. The molecule has 0 fully saturated rings. The van der Waals surface area contributed by atoms with Crippen LogP contribution in [-0.2, 0) is 17.8 Å². The Morgan fingerprint density at radius 3 is 2.39 bits per heavy atom. The Bertz CT molecular complexity index is 1050. The van der Waals surface area contributed by atoms with Crippen molar-refractivity contribution in [1.29, 1.82) is 0 Å². The van der Waals surface area contributed by atoms with Gasteiger partial charge in [0.15, 0.2) is 0 Å². The normalized spacial score (nSPS) is 10.8. The molecule has 0 saturated heterocycles. The fourth-order valence-electron chi connectivity index (χ4n) is 3.60. The molecule has 3 aromatic rings. The van der Waals surface area contributed by atoms with Gasteiger partial charge in [-0.3, -0.25) is 4.79 Å². The lowest BCUT2D eigenvalue weighted by atomic mass is 10.1. The lowest BCUT2D eigenvalue weighted by Crippen LogP contribution is -2.47. The van der Waals surface area contributed by atoms with Crippen LogP contribution in [0.5, 0.6) is 0 Å². The fraction of sp³-hybridized carbons (Fsp3) is 0.333. The molecular formula is C27H33N3O3. The number of hydrogen-bond acceptors (Lipinski definition) is 3. The van der Waals surface area contributed by atoms with Crippen LogP contribution >= 0.6 is 0 Å². The number of aryl methyl sites for hydroxylation is 1. The van der Waals surface area contributed by atoms with Crippen molar-refractivity contribution in [2.45, 2.75) is 46.7 Å². The van der Waals surface area contributed by atoms with Gasteiger partial charge in [0.2, 0.25) is 5.91 Å². The van der Waals surface area contributed by atoms with E-state index in [-0.39, 0.29) is 24.5 Å². The van der Waals surface area contributed by atoms with Gasteiger partial charge in [0.05, 0.1) is 12.8 Å². The number of nitrogens with zero attached hydrogens (tertiary/aromatic N) is 2. The van der Waals surface area contributed by atoms with E-state index >= 15 is 0 Å². The molecule has 0 bridgehead atoms. The number of anilines is 1. The predicted molar refractivity (Wildman–Crippen MR) is 131 cm³/mol. The topological polar surface area (TPSA) is 65.8 Å². The fourth-order valence-corrected chi connectivity index (χ4v) is 3.60. The lowest BCUT2D eigenvalue weighted by molar-refractivity contribution is -0.133. The molecule has 6 nitrogen and oxygen atoms in total. The second-order valence-electron chi connectivity index (χ2n) is 8.53. The molecule has 3 amide bonds. The van der Waals surface area contributed by atoms with Crippen molar-refractivity contribution in [3.63, 3.8) is 0 Å². The number of urea groups is 1. The SMILES string of the molecule is Cc1cccc(NC(=O)N(CC(=O)N(CCc2ccccc2)Cc2ccco2)C(C)C)c1C. The monoisotopic (exact) mass is 447 g/mol. The molecule has 1 heterocycles. The Balaban J connectivity index is 1.72. The lowest BCUT2D eigenvalue weighted by Gasteiger charge is -2.30. The maximum atomic E-state index is 13.3. The summed E-state index contributed by atoms with van der Waals surface area (Å²) in [5.74, 6) is 0.597. The number of rotatable bonds is 9. The van der Waals surface area contributed by atoms with Gasteiger partial charge in [-0.2, -0.15) is 0 Å². The zero-order valence-corrected chi connectivity index (χ0v) is 19.9. The summed E-state index contributed by atoms with van der Waals surface area (Å²) in [6.45, 7) is 8.70. The third-order valence-corrected chi connectivity index (χ3v) is 5.83. The second kappa shape index (κ2) is 11.4. The molecular weight excluding hydrogens is 414 g/mol. The van der Waals surface area contributed by atoms with Gasteiger partial charge >= 0.3 is 6.03 Å².